The minimum absolute atomic E-state index is 0.0708. The van der Waals surface area contributed by atoms with E-state index in [0.29, 0.717) is 11.5 Å². The number of amides is 1. The van der Waals surface area contributed by atoms with Crippen LogP contribution in [0.25, 0.3) is 5.57 Å². The summed E-state index contributed by atoms with van der Waals surface area (Å²) in [5.74, 6) is 0.264. The maximum atomic E-state index is 12.9. The third kappa shape index (κ3) is 4.30. The number of benzene rings is 2. The molecule has 2 aromatic carbocycles. The molecule has 29 heavy (non-hydrogen) atoms. The van der Waals surface area contributed by atoms with E-state index in [1.807, 2.05) is 12.1 Å². The maximum absolute atomic E-state index is 12.9. The average molecular weight is 389 g/mol. The smallest absolute Gasteiger partial charge is 0.251 e. The van der Waals surface area contributed by atoms with Gasteiger partial charge in [-0.3, -0.25) is 4.79 Å². The third-order valence-electron chi connectivity index (χ3n) is 6.17. The first-order valence-corrected chi connectivity index (χ1v) is 10.3. The molecule has 1 heterocycles. The van der Waals surface area contributed by atoms with Crippen molar-refractivity contribution in [3.05, 3.63) is 81.8 Å². The number of hydrogen-bond donors (Lipinski definition) is 1. The van der Waals surface area contributed by atoms with Gasteiger partial charge in [-0.1, -0.05) is 53.2 Å². The second kappa shape index (κ2) is 8.70. The number of allylic oxidation sites excluding steroid dienone is 1. The SMILES string of the molecule is CN1CCC2=C(c3ccccc3)CCC(NC(=O)c3cccc(CN=O)c3)[C@H]2C1. The summed E-state index contributed by atoms with van der Waals surface area (Å²) >= 11 is 0. The zero-order valence-electron chi connectivity index (χ0n) is 16.8. The van der Waals surface area contributed by atoms with Crippen molar-refractivity contribution >= 4 is 11.5 Å². The van der Waals surface area contributed by atoms with Gasteiger partial charge in [-0.2, -0.15) is 4.91 Å². The van der Waals surface area contributed by atoms with Crippen molar-refractivity contribution in [1.29, 1.82) is 0 Å². The number of nitroso groups, excluding NO2 is 1. The summed E-state index contributed by atoms with van der Waals surface area (Å²) in [7, 11) is 2.16. The van der Waals surface area contributed by atoms with E-state index in [1.165, 1.54) is 16.7 Å². The van der Waals surface area contributed by atoms with E-state index >= 15 is 0 Å². The van der Waals surface area contributed by atoms with Gasteiger partial charge < -0.3 is 10.2 Å². The summed E-state index contributed by atoms with van der Waals surface area (Å²) in [4.78, 5) is 25.8. The van der Waals surface area contributed by atoms with Gasteiger partial charge in [0.2, 0.25) is 0 Å². The first kappa shape index (κ1) is 19.5. The molecule has 1 amide bonds. The summed E-state index contributed by atoms with van der Waals surface area (Å²) in [6, 6.07) is 18.0. The standard InChI is InChI=1S/C24H27N3O2/c1-27-13-12-21-20(18-7-3-2-4-8-18)10-11-23(22(21)16-27)26-24(28)19-9-5-6-17(14-19)15-25-29/h2-9,14,22-23H,10-13,15-16H2,1H3,(H,26,28)/t22-,23?/m0/s1. The molecule has 5 nitrogen and oxygen atoms in total. The third-order valence-corrected chi connectivity index (χ3v) is 6.17. The highest BCUT2D eigenvalue weighted by molar-refractivity contribution is 5.94. The molecular formula is C24H27N3O2. The summed E-state index contributed by atoms with van der Waals surface area (Å²) in [5, 5.41) is 6.22. The van der Waals surface area contributed by atoms with Crippen molar-refractivity contribution in [3.63, 3.8) is 0 Å². The molecule has 0 saturated carbocycles. The lowest BCUT2D eigenvalue weighted by Crippen LogP contribution is -2.49. The minimum atomic E-state index is -0.0708. The zero-order valence-corrected chi connectivity index (χ0v) is 16.8. The van der Waals surface area contributed by atoms with E-state index in [-0.39, 0.29) is 18.5 Å². The minimum Gasteiger partial charge on any atom is -0.349 e. The van der Waals surface area contributed by atoms with Crippen LogP contribution in [0.4, 0.5) is 0 Å². The number of fused-ring (bicyclic) bond motifs is 1. The van der Waals surface area contributed by atoms with Crippen molar-refractivity contribution in [1.82, 2.24) is 10.2 Å². The van der Waals surface area contributed by atoms with Gasteiger partial charge in [0.15, 0.2) is 0 Å². The Morgan fingerprint density at radius 1 is 1.14 bits per heavy atom. The number of hydrogen-bond acceptors (Lipinski definition) is 4. The molecule has 5 heteroatoms. The lowest BCUT2D eigenvalue weighted by atomic mass is 9.73. The number of nitrogens with one attached hydrogen (secondary N) is 1. The van der Waals surface area contributed by atoms with Gasteiger partial charge in [0.1, 0.15) is 6.54 Å². The Bertz CT molecular complexity index is 923. The quantitative estimate of drug-likeness (QED) is 0.778. The van der Waals surface area contributed by atoms with Crippen LogP contribution in [0.1, 0.15) is 40.7 Å². The molecule has 150 valence electrons. The maximum Gasteiger partial charge on any atom is 0.251 e. The van der Waals surface area contributed by atoms with Crippen molar-refractivity contribution in [2.75, 3.05) is 20.1 Å². The Morgan fingerprint density at radius 3 is 2.76 bits per heavy atom. The predicted molar refractivity (Wildman–Crippen MR) is 115 cm³/mol. The fourth-order valence-corrected chi connectivity index (χ4v) is 4.72. The van der Waals surface area contributed by atoms with E-state index in [2.05, 4.69) is 52.8 Å². The molecule has 0 bridgehead atoms. The van der Waals surface area contributed by atoms with Crippen molar-refractivity contribution in [2.45, 2.75) is 31.8 Å². The molecule has 1 fully saturated rings. The van der Waals surface area contributed by atoms with Crippen LogP contribution >= 0.6 is 0 Å². The van der Waals surface area contributed by atoms with E-state index in [4.69, 9.17) is 0 Å². The van der Waals surface area contributed by atoms with Crippen LogP contribution in [-0.4, -0.2) is 37.0 Å². The summed E-state index contributed by atoms with van der Waals surface area (Å²) in [5.41, 5.74) is 5.64. The van der Waals surface area contributed by atoms with Crippen LogP contribution in [0.3, 0.4) is 0 Å². The molecule has 1 aliphatic heterocycles. The molecule has 1 N–H and O–H groups in total. The van der Waals surface area contributed by atoms with Crippen molar-refractivity contribution < 1.29 is 4.79 Å². The molecule has 4 rings (SSSR count). The van der Waals surface area contributed by atoms with E-state index in [1.54, 1.807) is 12.1 Å². The van der Waals surface area contributed by atoms with Gasteiger partial charge in [0, 0.05) is 30.6 Å². The molecule has 1 unspecified atom stereocenters. The largest absolute Gasteiger partial charge is 0.349 e. The van der Waals surface area contributed by atoms with Gasteiger partial charge in [0.05, 0.1) is 0 Å². The van der Waals surface area contributed by atoms with Crippen LogP contribution in [0.15, 0.2) is 65.3 Å². The molecule has 0 radical (unpaired) electrons. The van der Waals surface area contributed by atoms with Gasteiger partial charge in [-0.15, -0.1) is 0 Å². The Morgan fingerprint density at radius 2 is 1.97 bits per heavy atom. The first-order chi connectivity index (χ1) is 14.2. The number of rotatable bonds is 5. The Kier molecular flexibility index (Phi) is 5.86. The Hall–Kier alpha value is -2.79. The molecule has 2 atom stereocenters. The van der Waals surface area contributed by atoms with Crippen LogP contribution in [0, 0.1) is 10.8 Å². The van der Waals surface area contributed by atoms with E-state index < -0.39 is 0 Å². The van der Waals surface area contributed by atoms with Crippen LogP contribution in [-0.2, 0) is 6.54 Å². The second-order valence-corrected chi connectivity index (χ2v) is 8.09. The highest BCUT2D eigenvalue weighted by Crippen LogP contribution is 2.40. The van der Waals surface area contributed by atoms with Gasteiger partial charge in [0.25, 0.3) is 5.91 Å². The predicted octanol–water partition coefficient (Wildman–Crippen LogP) is 4.25. The number of nitrogens with zero attached hydrogens (tertiary/aromatic N) is 2. The lowest BCUT2D eigenvalue weighted by Gasteiger charge is -2.42. The molecule has 0 aromatic heterocycles. The number of carbonyl (C=O) groups excluding carboxylic acids is 1. The Balaban J connectivity index is 1.57. The number of likely N-dealkylation sites (tertiary alicyclic amines) is 1. The Labute approximate surface area is 171 Å². The monoisotopic (exact) mass is 389 g/mol. The van der Waals surface area contributed by atoms with Crippen molar-refractivity contribution in [3.8, 4) is 0 Å². The molecule has 0 spiro atoms. The highest BCUT2D eigenvalue weighted by atomic mass is 16.3. The number of piperidine rings is 1. The van der Waals surface area contributed by atoms with Crippen LogP contribution < -0.4 is 5.32 Å². The summed E-state index contributed by atoms with van der Waals surface area (Å²) in [6.45, 7) is 2.11. The fourth-order valence-electron chi connectivity index (χ4n) is 4.72. The normalized spacial score (nSPS) is 22.1. The van der Waals surface area contributed by atoms with Gasteiger partial charge in [-0.05, 0) is 55.1 Å². The molecule has 2 aliphatic rings. The fraction of sp³-hybridized carbons (Fsp3) is 0.375. The first-order valence-electron chi connectivity index (χ1n) is 10.3. The molecule has 1 aliphatic carbocycles. The zero-order chi connectivity index (χ0) is 20.2. The van der Waals surface area contributed by atoms with Crippen LogP contribution in [0.5, 0.6) is 0 Å². The number of carbonyl (C=O) groups is 1. The average Bonchev–Trinajstić information content (AvgIpc) is 2.75. The topological polar surface area (TPSA) is 61.8 Å². The second-order valence-electron chi connectivity index (χ2n) is 8.09. The molecule has 2 aromatic rings. The van der Waals surface area contributed by atoms with Crippen LogP contribution in [0.2, 0.25) is 0 Å². The van der Waals surface area contributed by atoms with Gasteiger partial charge in [-0.25, -0.2) is 0 Å². The van der Waals surface area contributed by atoms with E-state index in [9.17, 15) is 9.70 Å². The van der Waals surface area contributed by atoms with E-state index in [0.717, 1.165) is 37.9 Å². The molecular weight excluding hydrogens is 362 g/mol. The summed E-state index contributed by atoms with van der Waals surface area (Å²) in [6.07, 6.45) is 2.98. The lowest BCUT2D eigenvalue weighted by molar-refractivity contribution is 0.0908. The summed E-state index contributed by atoms with van der Waals surface area (Å²) < 4.78 is 0. The van der Waals surface area contributed by atoms with Crippen molar-refractivity contribution in [2.24, 2.45) is 11.1 Å². The van der Waals surface area contributed by atoms with Gasteiger partial charge >= 0.3 is 0 Å². The molecule has 1 saturated heterocycles. The highest BCUT2D eigenvalue weighted by Gasteiger charge is 2.36.